The normalized spacial score (nSPS) is 34.8. The fourth-order valence-electron chi connectivity index (χ4n) is 2.85. The molecule has 2 aliphatic rings. The largest absolute Gasteiger partial charge is 0.302 e. The smallest absolute Gasteiger partial charge is 0.0276 e. The molecule has 2 aliphatic heterocycles. The van der Waals surface area contributed by atoms with Crippen LogP contribution in [-0.4, -0.2) is 53.9 Å². The van der Waals surface area contributed by atoms with Crippen LogP contribution in [0, 0.1) is 5.92 Å². The number of rotatable bonds is 3. The minimum Gasteiger partial charge on any atom is -0.302 e. The number of likely N-dealkylation sites (tertiary alicyclic amines) is 2. The van der Waals surface area contributed by atoms with Crippen LogP contribution in [0.15, 0.2) is 0 Å². The molecular weight excluding hydrogens is 252 g/mol. The van der Waals surface area contributed by atoms with Crippen LogP contribution in [0.3, 0.4) is 0 Å². The summed E-state index contributed by atoms with van der Waals surface area (Å²) in [5, 5.41) is 0. The van der Waals surface area contributed by atoms with Crippen molar-refractivity contribution in [3.05, 3.63) is 0 Å². The Morgan fingerprint density at radius 1 is 1.07 bits per heavy atom. The van der Waals surface area contributed by atoms with Crippen molar-refractivity contribution in [3.8, 4) is 0 Å². The minimum absolute atomic E-state index is 0.722. The number of halogens is 1. The Hall–Kier alpha value is 0.400. The number of alkyl halides is 1. The van der Waals surface area contributed by atoms with E-state index in [1.807, 2.05) is 0 Å². The summed E-state index contributed by atoms with van der Waals surface area (Å²) >= 11 is 3.77. The zero-order chi connectivity index (χ0) is 10.7. The van der Waals surface area contributed by atoms with E-state index in [9.17, 15) is 0 Å². The van der Waals surface area contributed by atoms with Gasteiger partial charge in [0.1, 0.15) is 0 Å². The molecule has 2 nitrogen and oxygen atoms in total. The Kier molecular flexibility index (Phi) is 4.47. The Balaban J connectivity index is 1.69. The second kappa shape index (κ2) is 5.65. The van der Waals surface area contributed by atoms with E-state index in [-0.39, 0.29) is 0 Å². The van der Waals surface area contributed by atoms with Gasteiger partial charge in [-0.15, -0.1) is 0 Å². The maximum Gasteiger partial charge on any atom is 0.0276 e. The van der Waals surface area contributed by atoms with Gasteiger partial charge in [0.25, 0.3) is 0 Å². The minimum atomic E-state index is 0.722. The van der Waals surface area contributed by atoms with Crippen LogP contribution < -0.4 is 0 Å². The lowest BCUT2D eigenvalue weighted by atomic mass is 10.0. The van der Waals surface area contributed by atoms with Crippen molar-refractivity contribution >= 4 is 15.9 Å². The molecule has 2 atom stereocenters. The first-order valence-corrected chi connectivity index (χ1v) is 7.24. The quantitative estimate of drug-likeness (QED) is 0.728. The van der Waals surface area contributed by atoms with Gasteiger partial charge in [0.2, 0.25) is 0 Å². The van der Waals surface area contributed by atoms with E-state index in [0.29, 0.717) is 0 Å². The summed E-state index contributed by atoms with van der Waals surface area (Å²) in [4.78, 5) is 5.97. The predicted molar refractivity (Wildman–Crippen MR) is 68.6 cm³/mol. The molecule has 0 aromatic heterocycles. The molecule has 0 N–H and O–H groups in total. The van der Waals surface area contributed by atoms with Gasteiger partial charge < -0.3 is 9.80 Å². The zero-order valence-electron chi connectivity index (χ0n) is 9.79. The highest BCUT2D eigenvalue weighted by atomic mass is 79.9. The average Bonchev–Trinajstić information content (AvgIpc) is 2.65. The van der Waals surface area contributed by atoms with Crippen LogP contribution in [0.1, 0.15) is 26.2 Å². The van der Waals surface area contributed by atoms with Crippen molar-refractivity contribution < 1.29 is 0 Å². The number of piperidine rings is 1. The molecule has 2 heterocycles. The summed E-state index contributed by atoms with van der Waals surface area (Å²) in [6, 6.07) is 0. The van der Waals surface area contributed by atoms with E-state index in [2.05, 4.69) is 32.7 Å². The van der Waals surface area contributed by atoms with E-state index in [1.54, 1.807) is 0 Å². The number of hydrogen-bond acceptors (Lipinski definition) is 2. The highest BCUT2D eigenvalue weighted by Gasteiger charge is 2.23. The van der Waals surface area contributed by atoms with E-state index in [1.165, 1.54) is 58.5 Å². The van der Waals surface area contributed by atoms with E-state index < -0.39 is 0 Å². The summed E-state index contributed by atoms with van der Waals surface area (Å²) in [5.41, 5.74) is 0. The van der Waals surface area contributed by atoms with Gasteiger partial charge in [0.15, 0.2) is 0 Å². The Morgan fingerprint density at radius 2 is 1.73 bits per heavy atom. The molecule has 0 radical (unpaired) electrons. The molecule has 2 saturated heterocycles. The van der Waals surface area contributed by atoms with E-state index in [4.69, 9.17) is 0 Å². The van der Waals surface area contributed by atoms with Crippen LogP contribution in [0.25, 0.3) is 0 Å². The van der Waals surface area contributed by atoms with Crippen molar-refractivity contribution in [1.29, 1.82) is 0 Å². The first kappa shape index (κ1) is 11.9. The zero-order valence-corrected chi connectivity index (χ0v) is 11.4. The standard InChI is InChI=1S/C12H23BrN2/c1-11-8-12(13)10-15(9-11)7-6-14-4-2-3-5-14/h11-12H,2-10H2,1H3. The first-order valence-electron chi connectivity index (χ1n) is 6.33. The number of hydrogen-bond donors (Lipinski definition) is 0. The van der Waals surface area contributed by atoms with Crippen LogP contribution in [0.5, 0.6) is 0 Å². The molecule has 0 bridgehead atoms. The third-order valence-electron chi connectivity index (χ3n) is 3.62. The molecule has 0 saturated carbocycles. The predicted octanol–water partition coefficient (Wildman–Crippen LogP) is 2.19. The monoisotopic (exact) mass is 274 g/mol. The Bertz CT molecular complexity index is 182. The highest BCUT2D eigenvalue weighted by Crippen LogP contribution is 2.21. The van der Waals surface area contributed by atoms with Crippen molar-refractivity contribution in [1.82, 2.24) is 9.80 Å². The molecule has 2 fully saturated rings. The molecular formula is C12H23BrN2. The summed E-state index contributed by atoms with van der Waals surface area (Å²) in [7, 11) is 0. The maximum atomic E-state index is 3.77. The van der Waals surface area contributed by atoms with Gasteiger partial charge in [-0.1, -0.05) is 22.9 Å². The summed E-state index contributed by atoms with van der Waals surface area (Å²) in [6.45, 7) is 10.1. The van der Waals surface area contributed by atoms with Crippen LogP contribution >= 0.6 is 15.9 Å². The molecule has 0 aliphatic carbocycles. The third kappa shape index (κ3) is 3.72. The van der Waals surface area contributed by atoms with Gasteiger partial charge in [-0.05, 0) is 38.3 Å². The van der Waals surface area contributed by atoms with E-state index >= 15 is 0 Å². The highest BCUT2D eigenvalue weighted by molar-refractivity contribution is 9.09. The van der Waals surface area contributed by atoms with Gasteiger partial charge in [-0.3, -0.25) is 0 Å². The van der Waals surface area contributed by atoms with Gasteiger partial charge in [-0.2, -0.15) is 0 Å². The Morgan fingerprint density at radius 3 is 2.40 bits per heavy atom. The lowest BCUT2D eigenvalue weighted by molar-refractivity contribution is 0.168. The van der Waals surface area contributed by atoms with Crippen LogP contribution in [-0.2, 0) is 0 Å². The summed E-state index contributed by atoms with van der Waals surface area (Å²) < 4.78 is 0. The molecule has 2 rings (SSSR count). The van der Waals surface area contributed by atoms with Gasteiger partial charge >= 0.3 is 0 Å². The van der Waals surface area contributed by atoms with Crippen molar-refractivity contribution in [3.63, 3.8) is 0 Å². The molecule has 0 amide bonds. The van der Waals surface area contributed by atoms with E-state index in [0.717, 1.165) is 10.7 Å². The molecule has 15 heavy (non-hydrogen) atoms. The van der Waals surface area contributed by atoms with Crippen molar-refractivity contribution in [2.75, 3.05) is 39.3 Å². The third-order valence-corrected chi connectivity index (χ3v) is 4.28. The fourth-order valence-corrected chi connectivity index (χ4v) is 3.90. The topological polar surface area (TPSA) is 6.48 Å². The molecule has 0 aromatic carbocycles. The van der Waals surface area contributed by atoms with Gasteiger partial charge in [0, 0.05) is 31.0 Å². The molecule has 0 aromatic rings. The molecule has 2 unspecified atom stereocenters. The molecule has 88 valence electrons. The molecule has 3 heteroatoms. The van der Waals surface area contributed by atoms with Gasteiger partial charge in [0.05, 0.1) is 0 Å². The Labute approximate surface area is 102 Å². The second-order valence-corrected chi connectivity index (χ2v) is 6.54. The average molecular weight is 275 g/mol. The van der Waals surface area contributed by atoms with Gasteiger partial charge in [-0.25, -0.2) is 0 Å². The lowest BCUT2D eigenvalue weighted by Crippen LogP contribution is -2.43. The maximum absolute atomic E-state index is 3.77. The van der Waals surface area contributed by atoms with Crippen LogP contribution in [0.4, 0.5) is 0 Å². The number of nitrogens with zero attached hydrogens (tertiary/aromatic N) is 2. The summed E-state index contributed by atoms with van der Waals surface area (Å²) in [6.07, 6.45) is 4.18. The van der Waals surface area contributed by atoms with Crippen LogP contribution in [0.2, 0.25) is 0 Å². The first-order chi connectivity index (χ1) is 7.24. The molecule has 0 spiro atoms. The second-order valence-electron chi connectivity index (χ2n) is 5.25. The fraction of sp³-hybridized carbons (Fsp3) is 1.00. The van der Waals surface area contributed by atoms with Crippen molar-refractivity contribution in [2.24, 2.45) is 5.92 Å². The van der Waals surface area contributed by atoms with Crippen molar-refractivity contribution in [2.45, 2.75) is 31.0 Å². The summed E-state index contributed by atoms with van der Waals surface area (Å²) in [5.74, 6) is 0.863. The lowest BCUT2D eigenvalue weighted by Gasteiger charge is -2.34. The SMILES string of the molecule is CC1CC(Br)CN(CCN2CCCC2)C1.